The number of amides is 1. The van der Waals surface area contributed by atoms with Gasteiger partial charge in [0, 0.05) is 12.0 Å². The lowest BCUT2D eigenvalue weighted by Crippen LogP contribution is -2.36. The number of carbonyl (C=O) groups excluding carboxylic acids is 1. The average molecular weight is 300 g/mol. The van der Waals surface area contributed by atoms with Crippen LogP contribution in [0.2, 0.25) is 0 Å². The molecule has 1 aromatic carbocycles. The van der Waals surface area contributed by atoms with Crippen LogP contribution in [0.3, 0.4) is 0 Å². The van der Waals surface area contributed by atoms with E-state index < -0.39 is 21.5 Å². The molecule has 0 unspecified atom stereocenters. The van der Waals surface area contributed by atoms with Gasteiger partial charge in [-0.3, -0.25) is 4.79 Å². The van der Waals surface area contributed by atoms with E-state index in [2.05, 4.69) is 10.0 Å². The summed E-state index contributed by atoms with van der Waals surface area (Å²) in [5.41, 5.74) is 11.2. The van der Waals surface area contributed by atoms with Gasteiger partial charge in [0.2, 0.25) is 15.9 Å². The SMILES string of the molecule is CNS(=O)(=O)c1ccc(N)c(NC(C)(C)CC(N)=O)c1. The molecule has 0 aromatic heterocycles. The molecular formula is C12H20N4O3S. The third-order valence-corrected chi connectivity index (χ3v) is 4.11. The second-order valence-electron chi connectivity index (χ2n) is 5.11. The van der Waals surface area contributed by atoms with Crippen LogP contribution in [0.5, 0.6) is 0 Å². The molecule has 0 spiro atoms. The summed E-state index contributed by atoms with van der Waals surface area (Å²) in [7, 11) is -2.22. The molecule has 7 nitrogen and oxygen atoms in total. The fourth-order valence-corrected chi connectivity index (χ4v) is 2.53. The minimum absolute atomic E-state index is 0.0894. The lowest BCUT2D eigenvalue weighted by Gasteiger charge is -2.27. The normalized spacial score (nSPS) is 12.2. The van der Waals surface area contributed by atoms with Crippen molar-refractivity contribution in [2.75, 3.05) is 18.1 Å². The van der Waals surface area contributed by atoms with Crippen LogP contribution in [0.25, 0.3) is 0 Å². The van der Waals surface area contributed by atoms with Gasteiger partial charge in [0.25, 0.3) is 0 Å². The minimum Gasteiger partial charge on any atom is -0.397 e. The fraction of sp³-hybridized carbons (Fsp3) is 0.417. The highest BCUT2D eigenvalue weighted by molar-refractivity contribution is 7.89. The van der Waals surface area contributed by atoms with E-state index in [4.69, 9.17) is 11.5 Å². The van der Waals surface area contributed by atoms with Crippen LogP contribution in [0.4, 0.5) is 11.4 Å². The monoisotopic (exact) mass is 300 g/mol. The van der Waals surface area contributed by atoms with Gasteiger partial charge >= 0.3 is 0 Å². The van der Waals surface area contributed by atoms with Gasteiger partial charge in [-0.15, -0.1) is 0 Å². The number of anilines is 2. The van der Waals surface area contributed by atoms with Gasteiger partial charge in [-0.05, 0) is 39.1 Å². The van der Waals surface area contributed by atoms with Crippen molar-refractivity contribution in [2.24, 2.45) is 5.73 Å². The summed E-state index contributed by atoms with van der Waals surface area (Å²) in [4.78, 5) is 11.1. The maximum atomic E-state index is 11.8. The van der Waals surface area contributed by atoms with E-state index in [9.17, 15) is 13.2 Å². The van der Waals surface area contributed by atoms with Gasteiger partial charge in [-0.25, -0.2) is 13.1 Å². The first kappa shape index (κ1) is 16.3. The Balaban J connectivity index is 3.13. The predicted octanol–water partition coefficient (Wildman–Crippen LogP) is 0.243. The molecule has 20 heavy (non-hydrogen) atoms. The Kier molecular flexibility index (Phi) is 4.61. The molecule has 0 bridgehead atoms. The fourth-order valence-electron chi connectivity index (χ4n) is 1.77. The maximum absolute atomic E-state index is 11.8. The second kappa shape index (κ2) is 5.68. The molecule has 0 saturated heterocycles. The number of rotatable bonds is 6. The average Bonchev–Trinajstić information content (AvgIpc) is 2.29. The molecular weight excluding hydrogens is 280 g/mol. The number of hydrogen-bond donors (Lipinski definition) is 4. The van der Waals surface area contributed by atoms with Gasteiger partial charge < -0.3 is 16.8 Å². The second-order valence-corrected chi connectivity index (χ2v) is 7.00. The number of nitrogens with one attached hydrogen (secondary N) is 2. The number of benzene rings is 1. The van der Waals surface area contributed by atoms with Gasteiger partial charge in [0.05, 0.1) is 16.3 Å². The van der Waals surface area contributed by atoms with Crippen LogP contribution in [-0.2, 0) is 14.8 Å². The molecule has 0 aliphatic carbocycles. The van der Waals surface area contributed by atoms with Crippen LogP contribution >= 0.6 is 0 Å². The zero-order valence-corrected chi connectivity index (χ0v) is 12.5. The summed E-state index contributed by atoms with van der Waals surface area (Å²) in [6, 6.07) is 4.32. The van der Waals surface area contributed by atoms with Crippen LogP contribution in [-0.4, -0.2) is 26.9 Å². The Hall–Kier alpha value is -1.80. The Morgan fingerprint density at radius 3 is 2.45 bits per heavy atom. The molecule has 8 heteroatoms. The van der Waals surface area contributed by atoms with E-state index in [1.807, 2.05) is 0 Å². The zero-order valence-electron chi connectivity index (χ0n) is 11.7. The van der Waals surface area contributed by atoms with Crippen LogP contribution in [0, 0.1) is 0 Å². The summed E-state index contributed by atoms with van der Waals surface area (Å²) in [6.07, 6.45) is 0.0927. The number of nitrogens with two attached hydrogens (primary N) is 2. The largest absolute Gasteiger partial charge is 0.397 e. The Bertz CT molecular complexity index is 611. The Morgan fingerprint density at radius 2 is 1.95 bits per heavy atom. The number of primary amides is 1. The summed E-state index contributed by atoms with van der Waals surface area (Å²) in [6.45, 7) is 3.55. The minimum atomic E-state index is -3.55. The first-order chi connectivity index (χ1) is 9.07. The van der Waals surface area contributed by atoms with E-state index in [1.165, 1.54) is 25.2 Å². The number of sulfonamides is 1. The smallest absolute Gasteiger partial charge is 0.240 e. The molecule has 112 valence electrons. The highest BCUT2D eigenvalue weighted by Crippen LogP contribution is 2.26. The summed E-state index contributed by atoms with van der Waals surface area (Å²) < 4.78 is 25.7. The summed E-state index contributed by atoms with van der Waals surface area (Å²) in [5, 5.41) is 3.04. The van der Waals surface area contributed by atoms with Gasteiger partial charge in [-0.1, -0.05) is 0 Å². The van der Waals surface area contributed by atoms with Crippen LogP contribution in [0.15, 0.2) is 23.1 Å². The highest BCUT2D eigenvalue weighted by Gasteiger charge is 2.22. The van der Waals surface area contributed by atoms with Crippen molar-refractivity contribution >= 4 is 27.3 Å². The highest BCUT2D eigenvalue weighted by atomic mass is 32.2. The van der Waals surface area contributed by atoms with Crippen molar-refractivity contribution < 1.29 is 13.2 Å². The first-order valence-electron chi connectivity index (χ1n) is 5.97. The molecule has 0 radical (unpaired) electrons. The topological polar surface area (TPSA) is 127 Å². The lowest BCUT2D eigenvalue weighted by molar-refractivity contribution is -0.118. The maximum Gasteiger partial charge on any atom is 0.240 e. The quantitative estimate of drug-likeness (QED) is 0.560. The summed E-state index contributed by atoms with van der Waals surface area (Å²) in [5.74, 6) is -0.458. The number of nitrogen functional groups attached to an aromatic ring is 1. The van der Waals surface area contributed by atoms with Crippen molar-refractivity contribution in [3.63, 3.8) is 0 Å². The molecule has 0 fully saturated rings. The molecule has 0 atom stereocenters. The van der Waals surface area contributed by atoms with Crippen molar-refractivity contribution in [1.29, 1.82) is 0 Å². The Morgan fingerprint density at radius 1 is 1.35 bits per heavy atom. The third-order valence-electron chi connectivity index (χ3n) is 2.69. The predicted molar refractivity (Wildman–Crippen MR) is 78.6 cm³/mol. The first-order valence-corrected chi connectivity index (χ1v) is 7.45. The van der Waals surface area contributed by atoms with Crippen molar-refractivity contribution in [3.8, 4) is 0 Å². The molecule has 0 aliphatic rings. The molecule has 1 aromatic rings. The van der Waals surface area contributed by atoms with Gasteiger partial charge in [0.15, 0.2) is 0 Å². The van der Waals surface area contributed by atoms with Crippen molar-refractivity contribution in [3.05, 3.63) is 18.2 Å². The van der Waals surface area contributed by atoms with E-state index in [-0.39, 0.29) is 11.3 Å². The molecule has 0 heterocycles. The molecule has 1 rings (SSSR count). The standard InChI is InChI=1S/C12H20N4O3S/c1-12(2,7-11(14)17)16-10-6-8(4-5-9(10)13)20(18,19)15-3/h4-6,15-16H,7,13H2,1-3H3,(H2,14,17). The summed E-state index contributed by atoms with van der Waals surface area (Å²) >= 11 is 0. The van der Waals surface area contributed by atoms with E-state index in [0.717, 1.165) is 0 Å². The Labute approximate surface area is 118 Å². The van der Waals surface area contributed by atoms with Gasteiger partial charge in [0.1, 0.15) is 0 Å². The van der Waals surface area contributed by atoms with Gasteiger partial charge in [-0.2, -0.15) is 0 Å². The third kappa shape index (κ3) is 4.10. The van der Waals surface area contributed by atoms with E-state index in [1.54, 1.807) is 13.8 Å². The van der Waals surface area contributed by atoms with Crippen LogP contribution in [0.1, 0.15) is 20.3 Å². The molecule has 0 saturated carbocycles. The number of hydrogen-bond acceptors (Lipinski definition) is 5. The lowest BCUT2D eigenvalue weighted by atomic mass is 9.99. The molecule has 0 aliphatic heterocycles. The van der Waals surface area contributed by atoms with Crippen molar-refractivity contribution in [2.45, 2.75) is 30.7 Å². The zero-order chi connectivity index (χ0) is 15.6. The van der Waals surface area contributed by atoms with E-state index in [0.29, 0.717) is 11.4 Å². The van der Waals surface area contributed by atoms with Crippen LogP contribution < -0.4 is 21.5 Å². The number of carbonyl (C=O) groups is 1. The molecule has 1 amide bonds. The molecule has 6 N–H and O–H groups in total. The van der Waals surface area contributed by atoms with Crippen molar-refractivity contribution in [1.82, 2.24) is 4.72 Å². The van der Waals surface area contributed by atoms with E-state index >= 15 is 0 Å².